The molecule has 0 saturated carbocycles. The van der Waals surface area contributed by atoms with Crippen molar-refractivity contribution < 1.29 is 0 Å². The van der Waals surface area contributed by atoms with Gasteiger partial charge in [0, 0.05) is 66.2 Å². The molecular formula is C72H42N6S. The Morgan fingerprint density at radius 2 is 0.823 bits per heavy atom. The zero-order valence-electron chi connectivity index (χ0n) is 42.3. The average Bonchev–Trinajstić information content (AvgIpc) is 4.43. The molecule has 1 spiro atoms. The van der Waals surface area contributed by atoms with Crippen LogP contribution in [0.5, 0.6) is 0 Å². The van der Waals surface area contributed by atoms with Gasteiger partial charge < -0.3 is 13.7 Å². The Labute approximate surface area is 458 Å². The van der Waals surface area contributed by atoms with Crippen molar-refractivity contribution in [3.8, 4) is 50.7 Å². The third-order valence-electron chi connectivity index (χ3n) is 16.8. The van der Waals surface area contributed by atoms with Gasteiger partial charge in [-0.15, -0.1) is 0 Å². The molecule has 10 aromatic carbocycles. The largest absolute Gasteiger partial charge is 0.309 e. The van der Waals surface area contributed by atoms with E-state index >= 15 is 0 Å². The van der Waals surface area contributed by atoms with Crippen molar-refractivity contribution in [2.75, 3.05) is 0 Å². The van der Waals surface area contributed by atoms with Gasteiger partial charge in [0.15, 0.2) is 5.69 Å². The first-order valence-electron chi connectivity index (χ1n) is 26.7. The summed E-state index contributed by atoms with van der Waals surface area (Å²) in [5.41, 5.74) is 21.3. The first-order chi connectivity index (χ1) is 39.1. The zero-order valence-corrected chi connectivity index (χ0v) is 43.2. The molecule has 0 saturated heterocycles. The average molecular weight is 1020 g/mol. The Morgan fingerprint density at radius 3 is 1.44 bits per heavy atom. The van der Waals surface area contributed by atoms with E-state index in [0.717, 1.165) is 89.2 Å². The minimum Gasteiger partial charge on any atom is -0.309 e. The molecule has 15 aromatic rings. The number of benzene rings is 10. The van der Waals surface area contributed by atoms with Crippen LogP contribution in [0.25, 0.3) is 121 Å². The summed E-state index contributed by atoms with van der Waals surface area (Å²) in [5.74, 6) is 0. The highest BCUT2D eigenvalue weighted by atomic mass is 32.2. The van der Waals surface area contributed by atoms with Gasteiger partial charge >= 0.3 is 0 Å². The molecule has 0 N–H and O–H groups in total. The fourth-order valence-corrected chi connectivity index (χ4v) is 14.8. The predicted molar refractivity (Wildman–Crippen MR) is 324 cm³/mol. The van der Waals surface area contributed by atoms with Crippen molar-refractivity contribution in [3.63, 3.8) is 0 Å². The van der Waals surface area contributed by atoms with Crippen LogP contribution in [0, 0.1) is 6.57 Å². The van der Waals surface area contributed by atoms with Gasteiger partial charge in [0.05, 0.1) is 56.5 Å². The Balaban J connectivity index is 0.824. The molecule has 2 aliphatic rings. The lowest BCUT2D eigenvalue weighted by Crippen LogP contribution is -2.32. The van der Waals surface area contributed by atoms with Crippen LogP contribution < -0.4 is 0 Å². The smallest absolute Gasteiger partial charge is 0.188 e. The molecule has 0 radical (unpaired) electrons. The standard InChI is InChI=1S/C72H42N6S/c1-73-47-29-36-67-57(43-47)56-41-46(27-35-66(56)76(67)48-14-3-2-4-15-48)51-19-11-20-60-71(51)79-68-37-28-45(42-61(68)72(60)58-21-12-38-74-69(58)70-59(72)22-13-39-75-70)44-26-34-65-55(40-44)54-18-7-10-25-64(54)78(65)50-32-30-49(31-33-50)77-62-23-8-5-16-52(62)53-17-6-9-24-63(53)77/h2-43H. The molecule has 366 valence electrons. The second kappa shape index (κ2) is 16.6. The van der Waals surface area contributed by atoms with Gasteiger partial charge in [-0.3, -0.25) is 9.97 Å². The van der Waals surface area contributed by atoms with Gasteiger partial charge in [0.1, 0.15) is 0 Å². The fraction of sp³-hybridized carbons (Fsp3) is 0.0139. The van der Waals surface area contributed by atoms with Crippen molar-refractivity contribution in [1.82, 2.24) is 23.7 Å². The maximum Gasteiger partial charge on any atom is 0.188 e. The molecule has 1 aliphatic carbocycles. The summed E-state index contributed by atoms with van der Waals surface area (Å²) in [5, 5.41) is 7.10. The van der Waals surface area contributed by atoms with E-state index < -0.39 is 5.41 Å². The quantitative estimate of drug-likeness (QED) is 0.161. The van der Waals surface area contributed by atoms with E-state index in [1.54, 1.807) is 0 Å². The Bertz CT molecular complexity index is 5030. The third-order valence-corrected chi connectivity index (χ3v) is 18.0. The van der Waals surface area contributed by atoms with E-state index in [1.807, 2.05) is 36.3 Å². The van der Waals surface area contributed by atoms with Crippen LogP contribution >= 0.6 is 11.8 Å². The first-order valence-corrected chi connectivity index (χ1v) is 27.5. The fourth-order valence-electron chi connectivity index (χ4n) is 13.5. The monoisotopic (exact) mass is 1020 g/mol. The molecule has 0 bridgehead atoms. The summed E-state index contributed by atoms with van der Waals surface area (Å²) in [6.07, 6.45) is 3.80. The molecule has 0 atom stereocenters. The number of nitrogens with zero attached hydrogens (tertiary/aromatic N) is 6. The Morgan fingerprint density at radius 1 is 0.354 bits per heavy atom. The third kappa shape index (κ3) is 6.12. The van der Waals surface area contributed by atoms with Gasteiger partial charge in [0.2, 0.25) is 0 Å². The summed E-state index contributed by atoms with van der Waals surface area (Å²) in [6.45, 7) is 7.94. The summed E-state index contributed by atoms with van der Waals surface area (Å²) < 4.78 is 7.10. The van der Waals surface area contributed by atoms with E-state index in [9.17, 15) is 0 Å². The summed E-state index contributed by atoms with van der Waals surface area (Å²) in [4.78, 5) is 16.5. The Kier molecular flexibility index (Phi) is 9.24. The van der Waals surface area contributed by atoms with Crippen molar-refractivity contribution in [2.24, 2.45) is 0 Å². The number of para-hydroxylation sites is 4. The molecule has 7 heteroatoms. The highest BCUT2D eigenvalue weighted by molar-refractivity contribution is 7.99. The number of hydrogen-bond donors (Lipinski definition) is 0. The first kappa shape index (κ1) is 43.9. The molecule has 0 fully saturated rings. The van der Waals surface area contributed by atoms with Gasteiger partial charge in [-0.25, -0.2) is 4.85 Å². The van der Waals surface area contributed by atoms with Gasteiger partial charge in [-0.1, -0.05) is 139 Å². The number of hydrogen-bond acceptors (Lipinski definition) is 3. The highest BCUT2D eigenvalue weighted by Gasteiger charge is 2.52. The second-order valence-electron chi connectivity index (χ2n) is 20.7. The van der Waals surface area contributed by atoms with Crippen LogP contribution in [0.1, 0.15) is 22.3 Å². The maximum atomic E-state index is 7.94. The molecule has 0 amide bonds. The van der Waals surface area contributed by atoms with Crippen molar-refractivity contribution in [2.45, 2.75) is 15.2 Å². The lowest BCUT2D eigenvalue weighted by molar-refractivity contribution is 0.720. The zero-order chi connectivity index (χ0) is 51.9. The molecule has 5 aromatic heterocycles. The normalized spacial score (nSPS) is 13.1. The van der Waals surface area contributed by atoms with Crippen molar-refractivity contribution >= 4 is 82.9 Å². The summed E-state index contributed by atoms with van der Waals surface area (Å²) >= 11 is 1.85. The molecule has 1 aliphatic heterocycles. The van der Waals surface area contributed by atoms with Crippen molar-refractivity contribution in [1.29, 1.82) is 0 Å². The lowest BCUT2D eigenvalue weighted by Gasteiger charge is -2.40. The number of aromatic nitrogens is 5. The van der Waals surface area contributed by atoms with Gasteiger partial charge in [-0.05, 0) is 165 Å². The molecule has 17 rings (SSSR count). The van der Waals surface area contributed by atoms with Crippen LogP contribution in [0.3, 0.4) is 0 Å². The molecular weight excluding hydrogens is 981 g/mol. The van der Waals surface area contributed by atoms with Gasteiger partial charge in [0.25, 0.3) is 0 Å². The lowest BCUT2D eigenvalue weighted by atomic mass is 9.67. The molecule has 79 heavy (non-hydrogen) atoms. The minimum atomic E-state index is -0.710. The van der Waals surface area contributed by atoms with E-state index in [0.29, 0.717) is 5.69 Å². The van der Waals surface area contributed by atoms with E-state index in [-0.39, 0.29) is 0 Å². The topological polar surface area (TPSA) is 44.9 Å². The molecule has 6 heterocycles. The predicted octanol–water partition coefficient (Wildman–Crippen LogP) is 18.5. The summed E-state index contributed by atoms with van der Waals surface area (Å²) in [7, 11) is 0. The number of rotatable bonds is 5. The van der Waals surface area contributed by atoms with Gasteiger partial charge in [-0.2, -0.15) is 0 Å². The van der Waals surface area contributed by atoms with Crippen LogP contribution in [0.2, 0.25) is 0 Å². The highest BCUT2D eigenvalue weighted by Crippen LogP contribution is 2.63. The molecule has 0 unspecified atom stereocenters. The number of pyridine rings is 2. The van der Waals surface area contributed by atoms with E-state index in [2.05, 4.69) is 249 Å². The summed E-state index contributed by atoms with van der Waals surface area (Å²) in [6, 6.07) is 88.2. The second-order valence-corrected chi connectivity index (χ2v) is 21.8. The van der Waals surface area contributed by atoms with Crippen LogP contribution in [-0.4, -0.2) is 23.7 Å². The van der Waals surface area contributed by atoms with E-state index in [4.69, 9.17) is 16.5 Å². The SMILES string of the molecule is [C-]#[N+]c1ccc2c(c1)c1cc(-c3cccc4c3Sc3ccc(-c5ccc6c(c5)c5ccccc5n6-c5ccc(-n6c7ccccc7c7ccccc76)cc5)cc3C43c4cccnc4-c4ncccc43)ccc1n2-c1ccccc1. The Hall–Kier alpha value is -10.3. The maximum absolute atomic E-state index is 7.94. The van der Waals surface area contributed by atoms with E-state index in [1.165, 1.54) is 59.0 Å². The number of fused-ring (bicyclic) bond motifs is 18. The van der Waals surface area contributed by atoms with Crippen LogP contribution in [-0.2, 0) is 5.41 Å². The van der Waals surface area contributed by atoms with Crippen LogP contribution in [0.15, 0.2) is 265 Å². The minimum absolute atomic E-state index is 0.626. The van der Waals surface area contributed by atoms with Crippen molar-refractivity contribution in [3.05, 3.63) is 289 Å². The van der Waals surface area contributed by atoms with Crippen LogP contribution in [0.4, 0.5) is 5.69 Å². The molecule has 6 nitrogen and oxygen atoms in total.